The highest BCUT2D eigenvalue weighted by Crippen LogP contribution is 2.27. The van der Waals surface area contributed by atoms with Crippen LogP contribution >= 0.6 is 0 Å². The zero-order valence-corrected chi connectivity index (χ0v) is 12.8. The number of amides is 1. The maximum absolute atomic E-state index is 14.0. The van der Waals surface area contributed by atoms with E-state index in [2.05, 4.69) is 15.3 Å². The first-order valence-corrected chi connectivity index (χ1v) is 6.84. The van der Waals surface area contributed by atoms with Gasteiger partial charge in [-0.3, -0.25) is 4.79 Å². The van der Waals surface area contributed by atoms with Crippen molar-refractivity contribution in [3.8, 4) is 0 Å². The Labute approximate surface area is 128 Å². The molecule has 0 aliphatic rings. The van der Waals surface area contributed by atoms with E-state index >= 15 is 0 Å². The van der Waals surface area contributed by atoms with Crippen LogP contribution in [0.2, 0.25) is 0 Å². The molecule has 6 heteroatoms. The summed E-state index contributed by atoms with van der Waals surface area (Å²) in [5.41, 5.74) is -0.547. The molecule has 1 N–H and O–H groups in total. The Bertz CT molecular complexity index is 678. The van der Waals surface area contributed by atoms with Crippen molar-refractivity contribution in [3.05, 3.63) is 59.4 Å². The average molecular weight is 303 g/mol. The number of ether oxygens (including phenoxy) is 1. The van der Waals surface area contributed by atoms with Crippen molar-refractivity contribution in [2.24, 2.45) is 0 Å². The van der Waals surface area contributed by atoms with Crippen LogP contribution in [0, 0.1) is 12.7 Å². The molecular weight excluding hydrogens is 285 g/mol. The third-order valence-corrected chi connectivity index (χ3v) is 3.49. The van der Waals surface area contributed by atoms with Gasteiger partial charge in [0, 0.05) is 18.9 Å². The topological polar surface area (TPSA) is 64.1 Å². The van der Waals surface area contributed by atoms with Gasteiger partial charge in [-0.05, 0) is 26.0 Å². The van der Waals surface area contributed by atoms with Gasteiger partial charge in [-0.15, -0.1) is 0 Å². The molecule has 22 heavy (non-hydrogen) atoms. The molecule has 116 valence electrons. The van der Waals surface area contributed by atoms with Crippen molar-refractivity contribution in [2.45, 2.75) is 26.0 Å². The number of rotatable bonds is 5. The number of nitrogens with zero attached hydrogens (tertiary/aromatic N) is 2. The molecular formula is C16H18FN3O2. The van der Waals surface area contributed by atoms with Gasteiger partial charge in [0.2, 0.25) is 0 Å². The van der Waals surface area contributed by atoms with Gasteiger partial charge in [-0.25, -0.2) is 14.4 Å². The summed E-state index contributed by atoms with van der Waals surface area (Å²) < 4.78 is 19.3. The molecule has 1 heterocycles. The predicted molar refractivity (Wildman–Crippen MR) is 79.4 cm³/mol. The maximum Gasteiger partial charge on any atom is 0.257 e. The molecule has 5 nitrogen and oxygen atoms in total. The zero-order chi connectivity index (χ0) is 16.2. The summed E-state index contributed by atoms with van der Waals surface area (Å²) >= 11 is 0. The molecule has 0 fully saturated rings. The van der Waals surface area contributed by atoms with Crippen molar-refractivity contribution < 1.29 is 13.9 Å². The van der Waals surface area contributed by atoms with Gasteiger partial charge < -0.3 is 10.1 Å². The largest absolute Gasteiger partial charge is 0.364 e. The van der Waals surface area contributed by atoms with E-state index in [1.807, 2.05) is 0 Å². The lowest BCUT2D eigenvalue weighted by Gasteiger charge is -2.27. The van der Waals surface area contributed by atoms with Crippen LogP contribution in [0.3, 0.4) is 0 Å². The summed E-state index contributed by atoms with van der Waals surface area (Å²) in [4.78, 5) is 20.7. The average Bonchev–Trinajstić information content (AvgIpc) is 2.52. The van der Waals surface area contributed by atoms with Crippen molar-refractivity contribution in [1.29, 1.82) is 0 Å². The Hall–Kier alpha value is -2.34. The molecule has 0 bridgehead atoms. The van der Waals surface area contributed by atoms with Gasteiger partial charge in [-0.2, -0.15) is 0 Å². The van der Waals surface area contributed by atoms with Crippen LogP contribution in [0.15, 0.2) is 36.5 Å². The molecule has 2 aromatic rings. The molecule has 1 aromatic carbocycles. The second-order valence-electron chi connectivity index (χ2n) is 5.00. The minimum Gasteiger partial charge on any atom is -0.364 e. The van der Waals surface area contributed by atoms with Gasteiger partial charge in [0.1, 0.15) is 11.6 Å². The molecule has 2 rings (SSSR count). The first-order chi connectivity index (χ1) is 10.5. The number of carbonyl (C=O) groups excluding carboxylic acids is 1. The molecule has 0 spiro atoms. The second-order valence-corrected chi connectivity index (χ2v) is 5.00. The summed E-state index contributed by atoms with van der Waals surface area (Å²) in [6.07, 6.45) is 1.62. The Morgan fingerprint density at radius 1 is 1.36 bits per heavy atom. The Morgan fingerprint density at radius 3 is 2.73 bits per heavy atom. The second kappa shape index (κ2) is 6.62. The lowest BCUT2D eigenvalue weighted by molar-refractivity contribution is -0.143. The molecule has 0 unspecified atom stereocenters. The maximum atomic E-state index is 14.0. The summed E-state index contributed by atoms with van der Waals surface area (Å²) in [7, 11) is 1.38. The number of halogens is 1. The summed E-state index contributed by atoms with van der Waals surface area (Å²) in [6.45, 7) is 3.52. The number of methoxy groups -OCH3 is 1. The Morgan fingerprint density at radius 2 is 2.09 bits per heavy atom. The molecule has 1 amide bonds. The van der Waals surface area contributed by atoms with Crippen molar-refractivity contribution in [2.75, 3.05) is 7.11 Å². The number of hydrogen-bond donors (Lipinski definition) is 1. The lowest BCUT2D eigenvalue weighted by atomic mass is 9.94. The molecule has 0 aliphatic carbocycles. The standard InChI is InChI=1S/C16H18FN3O2/c1-11-18-9-8-12(20-11)10-19-15(21)16(2,22-3)13-6-4-5-7-14(13)17/h4-9H,10H2,1-3H3,(H,19,21)/t16-/m0/s1. The van der Waals surface area contributed by atoms with E-state index in [0.29, 0.717) is 11.5 Å². The van der Waals surface area contributed by atoms with Crippen LogP contribution in [0.1, 0.15) is 24.0 Å². The number of nitrogens with one attached hydrogen (secondary N) is 1. The van der Waals surface area contributed by atoms with Crippen LogP contribution in [-0.2, 0) is 21.7 Å². The van der Waals surface area contributed by atoms with Crippen LogP contribution in [0.25, 0.3) is 0 Å². The van der Waals surface area contributed by atoms with E-state index in [4.69, 9.17) is 4.74 Å². The third kappa shape index (κ3) is 3.28. The van der Waals surface area contributed by atoms with E-state index in [9.17, 15) is 9.18 Å². The molecule has 0 saturated heterocycles. The molecule has 0 radical (unpaired) electrons. The lowest BCUT2D eigenvalue weighted by Crippen LogP contribution is -2.44. The molecule has 0 saturated carbocycles. The Kier molecular flexibility index (Phi) is 4.82. The van der Waals surface area contributed by atoms with Crippen molar-refractivity contribution in [1.82, 2.24) is 15.3 Å². The molecule has 1 atom stereocenters. The highest BCUT2D eigenvalue weighted by atomic mass is 19.1. The third-order valence-electron chi connectivity index (χ3n) is 3.49. The van der Waals surface area contributed by atoms with Crippen LogP contribution in [-0.4, -0.2) is 23.0 Å². The van der Waals surface area contributed by atoms with E-state index in [1.54, 1.807) is 31.3 Å². The molecule has 0 aliphatic heterocycles. The van der Waals surface area contributed by atoms with Crippen LogP contribution < -0.4 is 5.32 Å². The predicted octanol–water partition coefficient (Wildman–Crippen LogP) is 2.10. The summed E-state index contributed by atoms with van der Waals surface area (Å²) in [5.74, 6) is -0.299. The number of aryl methyl sites for hydroxylation is 1. The van der Waals surface area contributed by atoms with Crippen molar-refractivity contribution >= 4 is 5.91 Å². The zero-order valence-electron chi connectivity index (χ0n) is 12.8. The minimum atomic E-state index is -1.41. The highest BCUT2D eigenvalue weighted by Gasteiger charge is 2.37. The van der Waals surface area contributed by atoms with E-state index in [1.165, 1.54) is 26.2 Å². The van der Waals surface area contributed by atoms with Gasteiger partial charge >= 0.3 is 0 Å². The SMILES string of the molecule is CO[C@](C)(C(=O)NCc1ccnc(C)n1)c1ccccc1F. The quantitative estimate of drug-likeness (QED) is 0.919. The minimum absolute atomic E-state index is 0.189. The van der Waals surface area contributed by atoms with Gasteiger partial charge in [-0.1, -0.05) is 18.2 Å². The van der Waals surface area contributed by atoms with Gasteiger partial charge in [0.05, 0.1) is 12.2 Å². The van der Waals surface area contributed by atoms with Gasteiger partial charge in [0.15, 0.2) is 5.60 Å². The number of hydrogen-bond acceptors (Lipinski definition) is 4. The van der Waals surface area contributed by atoms with E-state index in [-0.39, 0.29) is 12.1 Å². The van der Waals surface area contributed by atoms with Gasteiger partial charge in [0.25, 0.3) is 5.91 Å². The fourth-order valence-electron chi connectivity index (χ4n) is 2.12. The summed E-state index contributed by atoms with van der Waals surface area (Å²) in [5, 5.41) is 2.72. The normalized spacial score (nSPS) is 13.5. The number of carbonyl (C=O) groups is 1. The monoisotopic (exact) mass is 303 g/mol. The van der Waals surface area contributed by atoms with Crippen LogP contribution in [0.5, 0.6) is 0 Å². The van der Waals surface area contributed by atoms with E-state index < -0.39 is 17.3 Å². The number of aromatic nitrogens is 2. The Balaban J connectivity index is 2.17. The van der Waals surface area contributed by atoms with E-state index in [0.717, 1.165) is 0 Å². The van der Waals surface area contributed by atoms with Crippen molar-refractivity contribution in [3.63, 3.8) is 0 Å². The van der Waals surface area contributed by atoms with Crippen LogP contribution in [0.4, 0.5) is 4.39 Å². The highest BCUT2D eigenvalue weighted by molar-refractivity contribution is 5.86. The smallest absolute Gasteiger partial charge is 0.257 e. The first-order valence-electron chi connectivity index (χ1n) is 6.84. The number of benzene rings is 1. The summed E-state index contributed by atoms with van der Waals surface area (Å²) in [6, 6.07) is 7.77. The fourth-order valence-corrected chi connectivity index (χ4v) is 2.12. The molecule has 1 aromatic heterocycles. The fraction of sp³-hybridized carbons (Fsp3) is 0.312. The first kappa shape index (κ1) is 16.0.